The second kappa shape index (κ2) is 7.22. The number of methoxy groups -OCH3 is 1. The lowest BCUT2D eigenvalue weighted by Crippen LogP contribution is -2.57. The molecule has 136 valence electrons. The number of amides is 2. The molecule has 2 amide bonds. The molecule has 7 heteroatoms. The van der Waals surface area contributed by atoms with Crippen molar-refractivity contribution in [3.05, 3.63) is 22.7 Å². The van der Waals surface area contributed by atoms with Gasteiger partial charge in [-0.2, -0.15) is 0 Å². The first kappa shape index (κ1) is 18.0. The van der Waals surface area contributed by atoms with E-state index in [9.17, 15) is 9.59 Å². The number of rotatable bonds is 4. The van der Waals surface area contributed by atoms with Crippen molar-refractivity contribution in [3.8, 4) is 5.75 Å². The Morgan fingerprint density at radius 2 is 2.00 bits per heavy atom. The second-order valence-corrected chi connectivity index (χ2v) is 7.24. The average molecular weight is 366 g/mol. The van der Waals surface area contributed by atoms with E-state index < -0.39 is 0 Å². The van der Waals surface area contributed by atoms with Crippen LogP contribution >= 0.6 is 11.6 Å². The maximum atomic E-state index is 13.1. The molecule has 1 N–H and O–H groups in total. The number of anilines is 1. The third-order valence-electron chi connectivity index (χ3n) is 5.27. The first-order valence-corrected chi connectivity index (χ1v) is 8.93. The number of likely N-dealkylation sites (N-methyl/N-ethyl adjacent to an activating group) is 1. The molecule has 2 bridgehead atoms. The molecule has 0 radical (unpaired) electrons. The number of fused-ring (bicyclic) bond motifs is 3. The van der Waals surface area contributed by atoms with E-state index in [-0.39, 0.29) is 17.9 Å². The zero-order chi connectivity index (χ0) is 18.1. The van der Waals surface area contributed by atoms with Crippen molar-refractivity contribution in [2.45, 2.75) is 25.8 Å². The van der Waals surface area contributed by atoms with Crippen molar-refractivity contribution in [3.63, 3.8) is 0 Å². The summed E-state index contributed by atoms with van der Waals surface area (Å²) in [5.41, 5.74) is 0.855. The van der Waals surface area contributed by atoms with Gasteiger partial charge in [-0.3, -0.25) is 9.59 Å². The van der Waals surface area contributed by atoms with Crippen LogP contribution in [0.2, 0.25) is 5.02 Å². The Morgan fingerprint density at radius 3 is 2.52 bits per heavy atom. The topological polar surface area (TPSA) is 61.9 Å². The summed E-state index contributed by atoms with van der Waals surface area (Å²) in [6.07, 6.45) is 2.28. The van der Waals surface area contributed by atoms with Crippen molar-refractivity contribution >= 4 is 29.1 Å². The molecule has 3 heterocycles. The Labute approximate surface area is 153 Å². The van der Waals surface area contributed by atoms with Gasteiger partial charge in [-0.1, -0.05) is 11.6 Å². The Kier molecular flexibility index (Phi) is 5.20. The van der Waals surface area contributed by atoms with E-state index in [0.29, 0.717) is 27.9 Å². The summed E-state index contributed by atoms with van der Waals surface area (Å²) in [4.78, 5) is 28.6. The van der Waals surface area contributed by atoms with Gasteiger partial charge in [0.05, 0.1) is 23.4 Å². The van der Waals surface area contributed by atoms with Gasteiger partial charge in [0.2, 0.25) is 5.91 Å². The molecule has 4 rings (SSSR count). The zero-order valence-electron chi connectivity index (χ0n) is 14.8. The molecule has 1 aromatic rings. The van der Waals surface area contributed by atoms with Crippen LogP contribution in [0.5, 0.6) is 5.75 Å². The van der Waals surface area contributed by atoms with Gasteiger partial charge in [0.25, 0.3) is 5.91 Å². The van der Waals surface area contributed by atoms with Gasteiger partial charge in [-0.15, -0.1) is 0 Å². The summed E-state index contributed by atoms with van der Waals surface area (Å²) in [7, 11) is 3.36. The fraction of sp³-hybridized carbons (Fsp3) is 0.556. The third kappa shape index (κ3) is 3.60. The van der Waals surface area contributed by atoms with E-state index in [1.165, 1.54) is 14.0 Å². The van der Waals surface area contributed by atoms with Crippen molar-refractivity contribution in [2.75, 3.05) is 39.1 Å². The lowest BCUT2D eigenvalue weighted by Gasteiger charge is -2.48. The Hall–Kier alpha value is -1.79. The molecule has 0 saturated carbocycles. The molecular weight excluding hydrogens is 342 g/mol. The van der Waals surface area contributed by atoms with Crippen LogP contribution in [0.3, 0.4) is 0 Å². The van der Waals surface area contributed by atoms with E-state index in [1.807, 2.05) is 11.9 Å². The van der Waals surface area contributed by atoms with Crippen LogP contribution in [-0.2, 0) is 4.79 Å². The van der Waals surface area contributed by atoms with Crippen LogP contribution in [-0.4, -0.2) is 61.4 Å². The third-order valence-corrected chi connectivity index (χ3v) is 5.58. The first-order chi connectivity index (χ1) is 11.9. The zero-order valence-corrected chi connectivity index (χ0v) is 15.6. The van der Waals surface area contributed by atoms with E-state index in [0.717, 1.165) is 32.5 Å². The fourth-order valence-corrected chi connectivity index (χ4v) is 4.10. The number of ether oxygens (including phenoxy) is 1. The van der Waals surface area contributed by atoms with Crippen LogP contribution in [0.4, 0.5) is 5.69 Å². The molecule has 0 spiro atoms. The van der Waals surface area contributed by atoms with Crippen molar-refractivity contribution in [1.29, 1.82) is 0 Å². The number of halogens is 1. The van der Waals surface area contributed by atoms with Crippen molar-refractivity contribution in [2.24, 2.45) is 5.92 Å². The van der Waals surface area contributed by atoms with Crippen LogP contribution in [0.15, 0.2) is 12.1 Å². The maximum Gasteiger partial charge on any atom is 0.257 e. The second-order valence-electron chi connectivity index (χ2n) is 6.83. The minimum absolute atomic E-state index is 0.105. The van der Waals surface area contributed by atoms with Gasteiger partial charge in [0, 0.05) is 32.6 Å². The normalized spacial score (nSPS) is 24.7. The van der Waals surface area contributed by atoms with Crippen molar-refractivity contribution < 1.29 is 14.3 Å². The average Bonchev–Trinajstić information content (AvgIpc) is 2.62. The smallest absolute Gasteiger partial charge is 0.257 e. The molecule has 3 aliphatic heterocycles. The summed E-state index contributed by atoms with van der Waals surface area (Å²) in [6, 6.07) is 3.39. The highest BCUT2D eigenvalue weighted by Gasteiger charge is 2.38. The summed E-state index contributed by atoms with van der Waals surface area (Å²) in [5.74, 6) is 0.629. The van der Waals surface area contributed by atoms with E-state index in [1.54, 1.807) is 12.1 Å². The molecule has 3 saturated heterocycles. The van der Waals surface area contributed by atoms with Gasteiger partial charge in [-0.05, 0) is 37.9 Å². The molecule has 3 fully saturated rings. The standard InChI is InChI=1S/C18H24ClN3O3/c1-11(23)20-15-9-17(25-3)13(8-14(15)19)18(24)21(2)16-10-22-6-4-12(16)5-7-22/h8-9,12,16H,4-7,10H2,1-3H3,(H,20,23). The van der Waals surface area contributed by atoms with Gasteiger partial charge >= 0.3 is 0 Å². The monoisotopic (exact) mass is 365 g/mol. The van der Waals surface area contributed by atoms with Crippen LogP contribution in [0.25, 0.3) is 0 Å². The quantitative estimate of drug-likeness (QED) is 0.890. The summed E-state index contributed by atoms with van der Waals surface area (Å²) >= 11 is 6.25. The predicted molar refractivity (Wildman–Crippen MR) is 97.4 cm³/mol. The van der Waals surface area contributed by atoms with E-state index >= 15 is 0 Å². The molecule has 0 aliphatic carbocycles. The van der Waals surface area contributed by atoms with Crippen LogP contribution in [0.1, 0.15) is 30.1 Å². The van der Waals surface area contributed by atoms with Gasteiger partial charge in [0.1, 0.15) is 5.75 Å². The van der Waals surface area contributed by atoms with Crippen LogP contribution < -0.4 is 10.1 Å². The molecule has 3 aliphatic rings. The van der Waals surface area contributed by atoms with Gasteiger partial charge in [0.15, 0.2) is 0 Å². The number of hydrogen-bond acceptors (Lipinski definition) is 4. The fourth-order valence-electron chi connectivity index (χ4n) is 3.89. The highest BCUT2D eigenvalue weighted by atomic mass is 35.5. The highest BCUT2D eigenvalue weighted by molar-refractivity contribution is 6.34. The van der Waals surface area contributed by atoms with E-state index in [4.69, 9.17) is 16.3 Å². The molecule has 1 aromatic carbocycles. The number of carbonyl (C=O) groups excluding carboxylic acids is 2. The summed E-state index contributed by atoms with van der Waals surface area (Å²) in [6.45, 7) is 4.59. The number of nitrogens with zero attached hydrogens (tertiary/aromatic N) is 2. The molecule has 6 nitrogen and oxygen atoms in total. The molecule has 1 atom stereocenters. The van der Waals surface area contributed by atoms with E-state index in [2.05, 4.69) is 10.2 Å². The first-order valence-electron chi connectivity index (χ1n) is 8.55. The van der Waals surface area contributed by atoms with Gasteiger partial charge < -0.3 is 19.9 Å². The van der Waals surface area contributed by atoms with Crippen molar-refractivity contribution in [1.82, 2.24) is 9.80 Å². The molecule has 25 heavy (non-hydrogen) atoms. The Balaban J connectivity index is 1.85. The Morgan fingerprint density at radius 1 is 1.32 bits per heavy atom. The molecular formula is C18H24ClN3O3. The number of piperidine rings is 3. The number of nitrogens with one attached hydrogen (secondary N) is 1. The number of benzene rings is 1. The van der Waals surface area contributed by atoms with Gasteiger partial charge in [-0.25, -0.2) is 0 Å². The van der Waals surface area contributed by atoms with Crippen LogP contribution in [0, 0.1) is 5.92 Å². The number of carbonyl (C=O) groups is 2. The predicted octanol–water partition coefficient (Wildman–Crippen LogP) is 2.47. The maximum absolute atomic E-state index is 13.1. The lowest BCUT2D eigenvalue weighted by atomic mass is 9.83. The molecule has 1 unspecified atom stereocenters. The molecule has 0 aromatic heterocycles. The Bertz CT molecular complexity index is 686. The SMILES string of the molecule is COc1cc(NC(C)=O)c(Cl)cc1C(=O)N(C)C1CN2CCC1CC2. The number of hydrogen-bond donors (Lipinski definition) is 1. The minimum atomic E-state index is -0.229. The lowest BCUT2D eigenvalue weighted by molar-refractivity contribution is -0.114. The summed E-state index contributed by atoms with van der Waals surface area (Å²) < 4.78 is 5.38. The highest BCUT2D eigenvalue weighted by Crippen LogP contribution is 2.34. The summed E-state index contributed by atoms with van der Waals surface area (Å²) in [5, 5.41) is 2.97. The minimum Gasteiger partial charge on any atom is -0.496 e. The largest absolute Gasteiger partial charge is 0.496 e.